The first-order valence-electron chi connectivity index (χ1n) is 1.11. The molecule has 0 bridgehead atoms. The molecule has 0 amide bonds. The molecular formula is C2H2O4Zn2. The number of carboxylic acids is 2. The molecule has 6 heteroatoms. The van der Waals surface area contributed by atoms with Gasteiger partial charge in [0.1, 0.15) is 0 Å². The molecule has 38 valence electrons. The first-order valence-corrected chi connectivity index (χ1v) is 1.11. The molecule has 0 aliphatic heterocycles. The molecule has 0 saturated heterocycles. The maximum Gasteiger partial charge on any atom is 0.414 e. The molecule has 0 fully saturated rings. The van der Waals surface area contributed by atoms with E-state index in [4.69, 9.17) is 19.8 Å². The summed E-state index contributed by atoms with van der Waals surface area (Å²) in [6, 6.07) is 0. The van der Waals surface area contributed by atoms with Crippen molar-refractivity contribution >= 4 is 11.9 Å². The molecule has 2 N–H and O–H groups in total. The smallest absolute Gasteiger partial charge is 0.414 e. The van der Waals surface area contributed by atoms with Crippen molar-refractivity contribution in [3.63, 3.8) is 0 Å². The van der Waals surface area contributed by atoms with Crippen LogP contribution in [0.5, 0.6) is 0 Å². The third kappa shape index (κ3) is 9.50. The summed E-state index contributed by atoms with van der Waals surface area (Å²) < 4.78 is 0. The Labute approximate surface area is 70.8 Å². The monoisotopic (exact) mass is 218 g/mol. The fourth-order valence-corrected chi connectivity index (χ4v) is 0. The summed E-state index contributed by atoms with van der Waals surface area (Å²) in [7, 11) is 0. The van der Waals surface area contributed by atoms with Crippen molar-refractivity contribution in [2.45, 2.75) is 0 Å². The standard InChI is InChI=1S/C2H2O4.2Zn/c3-1(4)2(5)6;;/h(H,3,4)(H,5,6);;. The fourth-order valence-electron chi connectivity index (χ4n) is 0. The Morgan fingerprint density at radius 1 is 0.875 bits per heavy atom. The van der Waals surface area contributed by atoms with Crippen LogP contribution in [0.1, 0.15) is 0 Å². The van der Waals surface area contributed by atoms with E-state index in [9.17, 15) is 0 Å². The Balaban J connectivity index is -0.000000125. The van der Waals surface area contributed by atoms with E-state index in [0.29, 0.717) is 0 Å². The second-order valence-electron chi connectivity index (χ2n) is 0.610. The molecule has 0 heterocycles. The van der Waals surface area contributed by atoms with Crippen LogP contribution in [0.4, 0.5) is 0 Å². The van der Waals surface area contributed by atoms with E-state index in [2.05, 4.69) is 0 Å². The molecule has 0 saturated carbocycles. The first kappa shape index (κ1) is 15.7. The molecule has 0 rings (SSSR count). The Hall–Kier alpha value is 0.187. The summed E-state index contributed by atoms with van der Waals surface area (Å²) >= 11 is 0. The third-order valence-electron chi connectivity index (χ3n) is 0.183. The van der Waals surface area contributed by atoms with Gasteiger partial charge in [0.15, 0.2) is 0 Å². The molecule has 0 atom stereocenters. The first-order chi connectivity index (χ1) is 2.64. The van der Waals surface area contributed by atoms with Crippen LogP contribution in [0.3, 0.4) is 0 Å². The van der Waals surface area contributed by atoms with Crippen LogP contribution in [0.25, 0.3) is 0 Å². The summed E-state index contributed by atoms with van der Waals surface area (Å²) in [6.07, 6.45) is 0. The van der Waals surface area contributed by atoms with Gasteiger partial charge in [0.2, 0.25) is 0 Å². The molecule has 0 radical (unpaired) electrons. The number of hydrogen-bond donors (Lipinski definition) is 2. The van der Waals surface area contributed by atoms with E-state index in [1.165, 1.54) is 0 Å². The van der Waals surface area contributed by atoms with Gasteiger partial charge in [-0.25, -0.2) is 9.59 Å². The van der Waals surface area contributed by atoms with E-state index in [1.807, 2.05) is 0 Å². The molecule has 0 spiro atoms. The molecule has 0 unspecified atom stereocenters. The topological polar surface area (TPSA) is 74.6 Å². The number of hydrogen-bond acceptors (Lipinski definition) is 2. The van der Waals surface area contributed by atoms with Crippen LogP contribution < -0.4 is 0 Å². The van der Waals surface area contributed by atoms with Gasteiger partial charge in [-0.1, -0.05) is 0 Å². The molecule has 0 aliphatic rings. The van der Waals surface area contributed by atoms with Crippen LogP contribution >= 0.6 is 0 Å². The van der Waals surface area contributed by atoms with Crippen molar-refractivity contribution in [2.24, 2.45) is 0 Å². The van der Waals surface area contributed by atoms with Crippen molar-refractivity contribution in [2.75, 3.05) is 0 Å². The zero-order valence-corrected chi connectivity index (χ0v) is 10.1. The quantitative estimate of drug-likeness (QED) is 0.412. The fraction of sp³-hybridized carbons (Fsp3) is 0. The molecule has 0 aromatic rings. The summed E-state index contributed by atoms with van der Waals surface area (Å²) in [4.78, 5) is 18.2. The van der Waals surface area contributed by atoms with Crippen molar-refractivity contribution in [3.8, 4) is 0 Å². The minimum Gasteiger partial charge on any atom is -0.473 e. The maximum atomic E-state index is 9.10. The van der Waals surface area contributed by atoms with Crippen LogP contribution in [-0.2, 0) is 48.5 Å². The largest absolute Gasteiger partial charge is 0.473 e. The SMILES string of the molecule is O=C(O)C(=O)O.[Zn].[Zn]. The minimum absolute atomic E-state index is 0. The van der Waals surface area contributed by atoms with E-state index < -0.39 is 11.9 Å². The zero-order chi connectivity index (χ0) is 5.15. The van der Waals surface area contributed by atoms with E-state index in [0.717, 1.165) is 0 Å². The van der Waals surface area contributed by atoms with Gasteiger partial charge in [-0.05, 0) is 0 Å². The molecule has 0 aliphatic carbocycles. The second-order valence-corrected chi connectivity index (χ2v) is 0.610. The molecular weight excluding hydrogens is 219 g/mol. The van der Waals surface area contributed by atoms with Crippen molar-refractivity contribution in [1.82, 2.24) is 0 Å². The van der Waals surface area contributed by atoms with Gasteiger partial charge in [-0.3, -0.25) is 0 Å². The Morgan fingerprint density at radius 2 is 1.00 bits per heavy atom. The van der Waals surface area contributed by atoms with Gasteiger partial charge < -0.3 is 10.2 Å². The number of rotatable bonds is 0. The Bertz CT molecular complexity index is 78.0. The van der Waals surface area contributed by atoms with Crippen molar-refractivity contribution < 1.29 is 58.8 Å². The van der Waals surface area contributed by atoms with Gasteiger partial charge >= 0.3 is 11.9 Å². The zero-order valence-electron chi connectivity index (χ0n) is 4.13. The van der Waals surface area contributed by atoms with Gasteiger partial charge in [0.25, 0.3) is 0 Å². The summed E-state index contributed by atoms with van der Waals surface area (Å²) in [6.45, 7) is 0. The van der Waals surface area contributed by atoms with E-state index in [1.54, 1.807) is 0 Å². The molecule has 0 aromatic heterocycles. The Morgan fingerprint density at radius 3 is 1.00 bits per heavy atom. The predicted molar refractivity (Wildman–Crippen MR) is 15.3 cm³/mol. The number of aliphatic carboxylic acids is 2. The summed E-state index contributed by atoms with van der Waals surface area (Å²) in [5, 5.41) is 14.8. The average molecular weight is 221 g/mol. The van der Waals surface area contributed by atoms with Gasteiger partial charge in [-0.2, -0.15) is 0 Å². The van der Waals surface area contributed by atoms with E-state index in [-0.39, 0.29) is 39.0 Å². The van der Waals surface area contributed by atoms with Crippen LogP contribution in [0.2, 0.25) is 0 Å². The van der Waals surface area contributed by atoms with Crippen LogP contribution in [0, 0.1) is 0 Å². The van der Waals surface area contributed by atoms with Crippen LogP contribution in [-0.4, -0.2) is 22.2 Å². The molecule has 4 nitrogen and oxygen atoms in total. The molecule has 8 heavy (non-hydrogen) atoms. The number of carboxylic acid groups (broad SMARTS) is 2. The molecule has 0 aromatic carbocycles. The van der Waals surface area contributed by atoms with Gasteiger partial charge in [0, 0.05) is 39.0 Å². The predicted octanol–water partition coefficient (Wildman–Crippen LogP) is -0.849. The number of carbonyl (C=O) groups is 2. The summed E-state index contributed by atoms with van der Waals surface area (Å²) in [5.41, 5.74) is 0. The van der Waals surface area contributed by atoms with Crippen molar-refractivity contribution in [1.29, 1.82) is 0 Å². The minimum atomic E-state index is -1.82. The van der Waals surface area contributed by atoms with Gasteiger partial charge in [0.05, 0.1) is 0 Å². The Kier molecular flexibility index (Phi) is 14.1. The normalized spacial score (nSPS) is 5.50. The van der Waals surface area contributed by atoms with E-state index >= 15 is 0 Å². The van der Waals surface area contributed by atoms with Crippen molar-refractivity contribution in [3.05, 3.63) is 0 Å². The summed E-state index contributed by atoms with van der Waals surface area (Å²) in [5.74, 6) is -3.65. The third-order valence-corrected chi connectivity index (χ3v) is 0.183. The van der Waals surface area contributed by atoms with Crippen LogP contribution in [0.15, 0.2) is 0 Å². The average Bonchev–Trinajstić information content (AvgIpc) is 1.36. The van der Waals surface area contributed by atoms with Gasteiger partial charge in [-0.15, -0.1) is 0 Å². The maximum absolute atomic E-state index is 9.10. The second kappa shape index (κ2) is 7.19.